The molecule has 6 heteroatoms. The molecule has 3 heterocycles. The number of nitrogens with zero attached hydrogens (tertiary/aromatic N) is 4. The molecule has 3 aliphatic rings. The lowest BCUT2D eigenvalue weighted by atomic mass is 10.0. The van der Waals surface area contributed by atoms with Gasteiger partial charge in [-0.15, -0.1) is 0 Å². The quantitative estimate of drug-likeness (QED) is 0.254. The van der Waals surface area contributed by atoms with Crippen molar-refractivity contribution in [3.8, 4) is 0 Å². The van der Waals surface area contributed by atoms with E-state index >= 15 is 0 Å². The summed E-state index contributed by atoms with van der Waals surface area (Å²) < 4.78 is 0. The van der Waals surface area contributed by atoms with E-state index in [2.05, 4.69) is 24.3 Å². The average Bonchev–Trinajstić information content (AvgIpc) is 3.29. The van der Waals surface area contributed by atoms with Crippen LogP contribution in [0.1, 0.15) is 22.3 Å². The zero-order valence-corrected chi connectivity index (χ0v) is 22.5. The number of fused-ring (bicyclic) bond motifs is 4. The van der Waals surface area contributed by atoms with Gasteiger partial charge in [0.2, 0.25) is 0 Å². The molecule has 200 valence electrons. The topological polar surface area (TPSA) is 47.1 Å². The maximum absolute atomic E-state index is 14.1. The maximum Gasteiger partial charge on any atom is 0.329 e. The van der Waals surface area contributed by atoms with Crippen molar-refractivity contribution in [1.82, 2.24) is 9.80 Å². The van der Waals surface area contributed by atoms with E-state index in [1.165, 1.54) is 22.3 Å². The second kappa shape index (κ2) is 10.2. The summed E-state index contributed by atoms with van der Waals surface area (Å²) in [6, 6.07) is 32.8. The molecular formula is C34H32N4O2. The largest absolute Gasteiger partial charge is 0.329 e. The van der Waals surface area contributed by atoms with Gasteiger partial charge in [0.1, 0.15) is 0 Å². The van der Waals surface area contributed by atoms with Crippen molar-refractivity contribution in [3.63, 3.8) is 0 Å². The zero-order valence-electron chi connectivity index (χ0n) is 22.5. The molecule has 0 unspecified atom stereocenters. The molecule has 0 saturated carbocycles. The Hall–Kier alpha value is -4.58. The summed E-state index contributed by atoms with van der Waals surface area (Å²) in [6.07, 6.45) is 3.60. The summed E-state index contributed by atoms with van der Waals surface area (Å²) in [6.45, 7) is 1.95. The van der Waals surface area contributed by atoms with E-state index in [-0.39, 0.29) is 12.1 Å². The molecule has 0 bridgehead atoms. The lowest BCUT2D eigenvalue weighted by Crippen LogP contribution is -2.55. The van der Waals surface area contributed by atoms with Crippen LogP contribution >= 0.6 is 0 Å². The Labute approximate surface area is 235 Å². The van der Waals surface area contributed by atoms with E-state index in [4.69, 9.17) is 0 Å². The molecule has 0 aromatic heterocycles. The molecule has 0 N–H and O–H groups in total. The van der Waals surface area contributed by atoms with E-state index in [0.717, 1.165) is 48.4 Å². The van der Waals surface area contributed by atoms with Gasteiger partial charge in [0.05, 0.1) is 22.7 Å². The molecule has 4 aromatic carbocycles. The van der Waals surface area contributed by atoms with Gasteiger partial charge in [-0.1, -0.05) is 72.8 Å². The van der Waals surface area contributed by atoms with Crippen LogP contribution in [0.4, 0.5) is 32.3 Å². The van der Waals surface area contributed by atoms with Crippen molar-refractivity contribution in [2.75, 3.05) is 36.0 Å². The SMILES string of the molecule is O=C(N1CCN(C(=O)N2c3ccccc3CCc3ccccc32)CC1)N1c2ccccc2CCc2ccccc21. The molecule has 7 rings (SSSR count). The predicted molar refractivity (Wildman–Crippen MR) is 159 cm³/mol. The number of hydrogen-bond donors (Lipinski definition) is 0. The number of piperazine rings is 1. The minimum absolute atomic E-state index is 0.0284. The smallest absolute Gasteiger partial charge is 0.320 e. The minimum atomic E-state index is -0.0284. The number of urea groups is 2. The van der Waals surface area contributed by atoms with E-state index in [1.54, 1.807) is 0 Å². The Morgan fingerprint density at radius 3 is 0.925 bits per heavy atom. The Kier molecular flexibility index (Phi) is 6.23. The summed E-state index contributed by atoms with van der Waals surface area (Å²) in [5.41, 5.74) is 8.53. The Morgan fingerprint density at radius 2 is 0.650 bits per heavy atom. The minimum Gasteiger partial charge on any atom is -0.320 e. The van der Waals surface area contributed by atoms with Crippen molar-refractivity contribution in [2.24, 2.45) is 0 Å². The van der Waals surface area contributed by atoms with Crippen molar-refractivity contribution in [2.45, 2.75) is 25.7 Å². The fraction of sp³-hybridized carbons (Fsp3) is 0.235. The highest BCUT2D eigenvalue weighted by atomic mass is 16.2. The van der Waals surface area contributed by atoms with Crippen LogP contribution in [0, 0.1) is 0 Å². The van der Waals surface area contributed by atoms with Gasteiger partial charge in [-0.3, -0.25) is 9.80 Å². The fourth-order valence-electron chi connectivity index (χ4n) is 6.34. The molecule has 0 spiro atoms. The fourth-order valence-corrected chi connectivity index (χ4v) is 6.34. The zero-order chi connectivity index (χ0) is 27.1. The van der Waals surface area contributed by atoms with E-state index in [1.807, 2.05) is 92.4 Å². The van der Waals surface area contributed by atoms with Gasteiger partial charge in [0.15, 0.2) is 0 Å². The number of aryl methyl sites for hydroxylation is 4. The second-order valence-electron chi connectivity index (χ2n) is 10.7. The molecule has 6 nitrogen and oxygen atoms in total. The van der Waals surface area contributed by atoms with Crippen molar-refractivity contribution in [3.05, 3.63) is 119 Å². The number of carbonyl (C=O) groups is 2. The monoisotopic (exact) mass is 528 g/mol. The lowest BCUT2D eigenvalue weighted by molar-refractivity contribution is 0.152. The molecule has 0 aliphatic carbocycles. The van der Waals surface area contributed by atoms with Crippen LogP contribution in [0.15, 0.2) is 97.1 Å². The number of anilines is 4. The van der Waals surface area contributed by atoms with Crippen LogP contribution in [-0.4, -0.2) is 48.0 Å². The van der Waals surface area contributed by atoms with Gasteiger partial charge in [-0.05, 0) is 72.2 Å². The summed E-state index contributed by atoms with van der Waals surface area (Å²) in [4.78, 5) is 35.8. The molecule has 4 amide bonds. The average molecular weight is 529 g/mol. The first-order chi connectivity index (χ1) is 19.7. The van der Waals surface area contributed by atoms with E-state index in [9.17, 15) is 9.59 Å². The normalized spacial score (nSPS) is 16.2. The molecule has 1 saturated heterocycles. The van der Waals surface area contributed by atoms with E-state index < -0.39 is 0 Å². The molecular weight excluding hydrogens is 496 g/mol. The highest BCUT2D eigenvalue weighted by molar-refractivity contribution is 6.03. The van der Waals surface area contributed by atoms with Crippen molar-refractivity contribution >= 4 is 34.8 Å². The Balaban J connectivity index is 1.15. The standard InChI is InChI=1S/C34H32N4O2/c39-33(37-29-13-5-1-9-25(29)17-18-26-10-2-6-14-30(26)37)35-21-23-36(24-22-35)34(40)38-31-15-7-3-11-27(31)19-20-28-12-4-8-16-32(28)38/h1-16H,17-24H2. The van der Waals surface area contributed by atoms with Crippen LogP contribution in [0.3, 0.4) is 0 Å². The predicted octanol–water partition coefficient (Wildman–Crippen LogP) is 6.72. The van der Waals surface area contributed by atoms with Crippen LogP contribution in [0.25, 0.3) is 0 Å². The molecule has 40 heavy (non-hydrogen) atoms. The number of benzene rings is 4. The summed E-state index contributed by atoms with van der Waals surface area (Å²) in [5.74, 6) is 0. The van der Waals surface area contributed by atoms with Crippen LogP contribution in [-0.2, 0) is 25.7 Å². The molecule has 4 aromatic rings. The van der Waals surface area contributed by atoms with Gasteiger partial charge in [0, 0.05) is 26.2 Å². The molecule has 1 fully saturated rings. The second-order valence-corrected chi connectivity index (χ2v) is 10.7. The van der Waals surface area contributed by atoms with Crippen molar-refractivity contribution in [1.29, 1.82) is 0 Å². The van der Waals surface area contributed by atoms with E-state index in [0.29, 0.717) is 26.2 Å². The number of amides is 4. The van der Waals surface area contributed by atoms with Gasteiger partial charge in [-0.25, -0.2) is 9.59 Å². The summed E-state index contributed by atoms with van der Waals surface area (Å²) in [5, 5.41) is 0. The molecule has 3 aliphatic heterocycles. The highest BCUT2D eigenvalue weighted by Crippen LogP contribution is 2.38. The number of rotatable bonds is 0. The number of para-hydroxylation sites is 4. The van der Waals surface area contributed by atoms with Gasteiger partial charge < -0.3 is 9.80 Å². The Morgan fingerprint density at radius 1 is 0.400 bits per heavy atom. The first kappa shape index (κ1) is 24.5. The summed E-state index contributed by atoms with van der Waals surface area (Å²) in [7, 11) is 0. The first-order valence-electron chi connectivity index (χ1n) is 14.2. The molecule has 0 radical (unpaired) electrons. The first-order valence-corrected chi connectivity index (χ1v) is 14.2. The number of carbonyl (C=O) groups excluding carboxylic acids is 2. The highest BCUT2D eigenvalue weighted by Gasteiger charge is 2.35. The third-order valence-corrected chi connectivity index (χ3v) is 8.46. The third-order valence-electron chi connectivity index (χ3n) is 8.46. The van der Waals surface area contributed by atoms with Crippen LogP contribution in [0.2, 0.25) is 0 Å². The number of hydrogen-bond acceptors (Lipinski definition) is 2. The van der Waals surface area contributed by atoms with Crippen molar-refractivity contribution < 1.29 is 9.59 Å². The van der Waals surface area contributed by atoms with Gasteiger partial charge >= 0.3 is 12.1 Å². The summed E-state index contributed by atoms with van der Waals surface area (Å²) >= 11 is 0. The molecule has 0 atom stereocenters. The maximum atomic E-state index is 14.1. The van der Waals surface area contributed by atoms with Crippen LogP contribution in [0.5, 0.6) is 0 Å². The van der Waals surface area contributed by atoms with Crippen LogP contribution < -0.4 is 9.80 Å². The third kappa shape index (κ3) is 4.20. The lowest BCUT2D eigenvalue weighted by Gasteiger charge is -2.39. The van der Waals surface area contributed by atoms with Gasteiger partial charge in [0.25, 0.3) is 0 Å². The Bertz CT molecular complexity index is 1380. The van der Waals surface area contributed by atoms with Gasteiger partial charge in [-0.2, -0.15) is 0 Å².